The third-order valence-corrected chi connectivity index (χ3v) is 3.57. The molecule has 1 saturated carbocycles. The van der Waals surface area contributed by atoms with Crippen LogP contribution in [0.4, 0.5) is 5.95 Å². The summed E-state index contributed by atoms with van der Waals surface area (Å²) in [7, 11) is 4.35. The minimum atomic E-state index is 0.326. The van der Waals surface area contributed by atoms with Crippen molar-refractivity contribution in [2.75, 3.05) is 26.0 Å². The quantitative estimate of drug-likeness (QED) is 0.791. The monoisotopic (exact) mass is 208 g/mol. The van der Waals surface area contributed by atoms with Gasteiger partial charge in [0.1, 0.15) is 0 Å². The molecular formula is C11H20N4. The standard InChI is InChI=1S/C11H20N4/c1-15(2)11(5-3-4-6-11)9-14-10-12-7-8-13-10/h7-8H,3-6,9H2,1-2H3,(H2,12,13,14). The van der Waals surface area contributed by atoms with Crippen molar-refractivity contribution in [2.24, 2.45) is 0 Å². The second kappa shape index (κ2) is 4.23. The summed E-state index contributed by atoms with van der Waals surface area (Å²) < 4.78 is 0. The molecule has 2 N–H and O–H groups in total. The Hall–Kier alpha value is -1.03. The molecule has 1 heterocycles. The molecule has 0 spiro atoms. The number of hydrogen-bond donors (Lipinski definition) is 2. The fourth-order valence-corrected chi connectivity index (χ4v) is 2.43. The molecule has 4 heteroatoms. The van der Waals surface area contributed by atoms with Crippen LogP contribution in [0.25, 0.3) is 0 Å². The fraction of sp³-hybridized carbons (Fsp3) is 0.727. The van der Waals surface area contributed by atoms with Gasteiger partial charge in [0.05, 0.1) is 0 Å². The third kappa shape index (κ3) is 2.15. The topological polar surface area (TPSA) is 44.0 Å². The van der Waals surface area contributed by atoms with E-state index in [0.717, 1.165) is 12.5 Å². The van der Waals surface area contributed by atoms with E-state index in [4.69, 9.17) is 0 Å². The van der Waals surface area contributed by atoms with Gasteiger partial charge in [-0.1, -0.05) is 12.8 Å². The van der Waals surface area contributed by atoms with Crippen LogP contribution in [-0.2, 0) is 0 Å². The number of nitrogens with one attached hydrogen (secondary N) is 2. The second-order valence-corrected chi connectivity index (χ2v) is 4.62. The average Bonchev–Trinajstić information content (AvgIpc) is 2.87. The SMILES string of the molecule is CN(C)C1(CNc2ncc[nH]2)CCCC1. The van der Waals surface area contributed by atoms with Crippen molar-refractivity contribution in [2.45, 2.75) is 31.2 Å². The molecule has 84 valence electrons. The van der Waals surface area contributed by atoms with E-state index in [0.29, 0.717) is 5.54 Å². The van der Waals surface area contributed by atoms with Gasteiger partial charge in [-0.2, -0.15) is 0 Å². The predicted octanol–water partition coefficient (Wildman–Crippen LogP) is 1.70. The summed E-state index contributed by atoms with van der Waals surface area (Å²) in [4.78, 5) is 9.62. The molecule has 0 amide bonds. The van der Waals surface area contributed by atoms with Crippen molar-refractivity contribution >= 4 is 5.95 Å². The Kier molecular flexibility index (Phi) is 2.95. The summed E-state index contributed by atoms with van der Waals surface area (Å²) in [6.45, 7) is 0.980. The number of aromatic amines is 1. The van der Waals surface area contributed by atoms with E-state index in [1.807, 2.05) is 6.20 Å². The Morgan fingerprint density at radius 3 is 2.73 bits per heavy atom. The Morgan fingerprint density at radius 2 is 2.20 bits per heavy atom. The molecule has 1 aliphatic carbocycles. The largest absolute Gasteiger partial charge is 0.354 e. The summed E-state index contributed by atoms with van der Waals surface area (Å²) in [5.74, 6) is 0.878. The molecule has 0 atom stereocenters. The maximum atomic E-state index is 4.18. The third-order valence-electron chi connectivity index (χ3n) is 3.57. The van der Waals surface area contributed by atoms with Gasteiger partial charge in [-0.3, -0.25) is 0 Å². The summed E-state index contributed by atoms with van der Waals surface area (Å²) in [5, 5.41) is 3.38. The number of aromatic nitrogens is 2. The van der Waals surface area contributed by atoms with E-state index in [9.17, 15) is 0 Å². The molecule has 1 fully saturated rings. The van der Waals surface area contributed by atoms with E-state index < -0.39 is 0 Å². The normalized spacial score (nSPS) is 19.7. The van der Waals surface area contributed by atoms with E-state index in [-0.39, 0.29) is 0 Å². The summed E-state index contributed by atoms with van der Waals surface area (Å²) in [6.07, 6.45) is 8.88. The first-order valence-corrected chi connectivity index (χ1v) is 5.64. The van der Waals surface area contributed by atoms with Crippen LogP contribution >= 0.6 is 0 Å². The molecule has 1 aromatic heterocycles. The average molecular weight is 208 g/mol. The van der Waals surface area contributed by atoms with Crippen LogP contribution in [0.2, 0.25) is 0 Å². The minimum absolute atomic E-state index is 0.326. The lowest BCUT2D eigenvalue weighted by molar-refractivity contribution is 0.172. The van der Waals surface area contributed by atoms with E-state index in [1.54, 1.807) is 6.20 Å². The van der Waals surface area contributed by atoms with Crippen LogP contribution < -0.4 is 5.32 Å². The van der Waals surface area contributed by atoms with Gasteiger partial charge in [0.15, 0.2) is 5.95 Å². The predicted molar refractivity (Wildman–Crippen MR) is 62.0 cm³/mol. The highest BCUT2D eigenvalue weighted by atomic mass is 15.2. The second-order valence-electron chi connectivity index (χ2n) is 4.62. The maximum absolute atomic E-state index is 4.18. The first-order chi connectivity index (χ1) is 7.23. The maximum Gasteiger partial charge on any atom is 0.200 e. The molecule has 0 bridgehead atoms. The van der Waals surface area contributed by atoms with Gasteiger partial charge in [-0.25, -0.2) is 4.98 Å². The van der Waals surface area contributed by atoms with Crippen molar-refractivity contribution < 1.29 is 0 Å². The number of nitrogens with zero attached hydrogens (tertiary/aromatic N) is 2. The molecule has 1 aromatic rings. The van der Waals surface area contributed by atoms with E-state index in [1.165, 1.54) is 25.7 Å². The Labute approximate surface area is 91.1 Å². The number of imidazole rings is 1. The van der Waals surface area contributed by atoms with Crippen LogP contribution in [0.3, 0.4) is 0 Å². The molecule has 0 saturated heterocycles. The number of H-pyrrole nitrogens is 1. The highest BCUT2D eigenvalue weighted by molar-refractivity contribution is 5.24. The van der Waals surface area contributed by atoms with Crippen molar-refractivity contribution in [3.63, 3.8) is 0 Å². The van der Waals surface area contributed by atoms with E-state index in [2.05, 4.69) is 34.3 Å². The summed E-state index contributed by atoms with van der Waals surface area (Å²) in [5.41, 5.74) is 0.326. The first-order valence-electron chi connectivity index (χ1n) is 5.64. The zero-order chi connectivity index (χ0) is 10.7. The lowest BCUT2D eigenvalue weighted by atomic mass is 9.96. The summed E-state index contributed by atoms with van der Waals surface area (Å²) >= 11 is 0. The van der Waals surface area contributed by atoms with Crippen molar-refractivity contribution in [3.8, 4) is 0 Å². The molecular weight excluding hydrogens is 188 g/mol. The molecule has 0 aromatic carbocycles. The zero-order valence-corrected chi connectivity index (χ0v) is 9.58. The van der Waals surface area contributed by atoms with E-state index >= 15 is 0 Å². The van der Waals surface area contributed by atoms with Gasteiger partial charge in [0, 0.05) is 24.5 Å². The minimum Gasteiger partial charge on any atom is -0.354 e. The van der Waals surface area contributed by atoms with Gasteiger partial charge >= 0.3 is 0 Å². The van der Waals surface area contributed by atoms with Crippen molar-refractivity contribution in [1.29, 1.82) is 0 Å². The molecule has 0 aliphatic heterocycles. The molecule has 2 rings (SSSR count). The Morgan fingerprint density at radius 1 is 1.47 bits per heavy atom. The van der Waals surface area contributed by atoms with Gasteiger partial charge in [0.2, 0.25) is 0 Å². The van der Waals surface area contributed by atoms with Crippen LogP contribution in [0.15, 0.2) is 12.4 Å². The molecule has 4 nitrogen and oxygen atoms in total. The Bertz CT molecular complexity index is 286. The van der Waals surface area contributed by atoms with Gasteiger partial charge < -0.3 is 15.2 Å². The van der Waals surface area contributed by atoms with Crippen LogP contribution in [0, 0.1) is 0 Å². The van der Waals surface area contributed by atoms with Gasteiger partial charge in [-0.05, 0) is 26.9 Å². The molecule has 0 radical (unpaired) electrons. The molecule has 0 unspecified atom stereocenters. The summed E-state index contributed by atoms with van der Waals surface area (Å²) in [6, 6.07) is 0. The molecule has 15 heavy (non-hydrogen) atoms. The number of hydrogen-bond acceptors (Lipinski definition) is 3. The lowest BCUT2D eigenvalue weighted by Crippen LogP contribution is -2.47. The number of anilines is 1. The number of rotatable bonds is 4. The van der Waals surface area contributed by atoms with Crippen LogP contribution in [0.5, 0.6) is 0 Å². The van der Waals surface area contributed by atoms with Crippen LogP contribution in [-0.4, -0.2) is 41.0 Å². The highest BCUT2D eigenvalue weighted by Gasteiger charge is 2.35. The van der Waals surface area contributed by atoms with Gasteiger partial charge in [0.25, 0.3) is 0 Å². The highest BCUT2D eigenvalue weighted by Crippen LogP contribution is 2.33. The smallest absolute Gasteiger partial charge is 0.200 e. The van der Waals surface area contributed by atoms with Gasteiger partial charge in [-0.15, -0.1) is 0 Å². The lowest BCUT2D eigenvalue weighted by Gasteiger charge is -2.36. The number of likely N-dealkylation sites (N-methyl/N-ethyl adjacent to an activating group) is 1. The van der Waals surface area contributed by atoms with Crippen LogP contribution in [0.1, 0.15) is 25.7 Å². The van der Waals surface area contributed by atoms with Crippen molar-refractivity contribution in [3.05, 3.63) is 12.4 Å². The first kappa shape index (κ1) is 10.5. The fourth-order valence-electron chi connectivity index (χ4n) is 2.43. The molecule has 1 aliphatic rings. The van der Waals surface area contributed by atoms with Crippen molar-refractivity contribution in [1.82, 2.24) is 14.9 Å². The Balaban J connectivity index is 1.96. The zero-order valence-electron chi connectivity index (χ0n) is 9.58.